The molecule has 5 rings (SSSR count). The number of fused-ring (bicyclic) bond motifs is 1. The quantitative estimate of drug-likeness (QED) is 0.554. The summed E-state index contributed by atoms with van der Waals surface area (Å²) in [6, 6.07) is 3.72. The van der Waals surface area contributed by atoms with Crippen LogP contribution in [0.4, 0.5) is 10.2 Å². The number of ether oxygens (including phenoxy) is 2. The molecule has 186 valence electrons. The highest BCUT2D eigenvalue weighted by Crippen LogP contribution is 2.42. The first-order chi connectivity index (χ1) is 16.9. The lowest BCUT2D eigenvalue weighted by molar-refractivity contribution is -0.117. The summed E-state index contributed by atoms with van der Waals surface area (Å²) in [6.07, 6.45) is 3.70. The number of anilines is 1. The molecule has 9 nitrogen and oxygen atoms in total. The van der Waals surface area contributed by atoms with E-state index in [-0.39, 0.29) is 23.5 Å². The van der Waals surface area contributed by atoms with Gasteiger partial charge in [0.05, 0.1) is 37.8 Å². The number of nitrogens with zero attached hydrogens (tertiary/aromatic N) is 5. The molecular weight excluding hydrogens is 451 g/mol. The van der Waals surface area contributed by atoms with Crippen LogP contribution in [0.5, 0.6) is 11.6 Å². The van der Waals surface area contributed by atoms with Crippen molar-refractivity contribution >= 4 is 22.6 Å². The van der Waals surface area contributed by atoms with Gasteiger partial charge in [0, 0.05) is 51.1 Å². The number of aryl methyl sites for hydroxylation is 1. The van der Waals surface area contributed by atoms with Gasteiger partial charge in [-0.2, -0.15) is 0 Å². The number of carbonyl (C=O) groups is 1. The number of pyridine rings is 2. The first-order valence-electron chi connectivity index (χ1n) is 11.8. The van der Waals surface area contributed by atoms with Crippen LogP contribution >= 0.6 is 0 Å². The SMILES string of the molecule is COc1ncc(F)c(OC)c1-c1cc2cc(NC(=O)C3CC3CN3CCN(C)CC3)ncc2n1C. The van der Waals surface area contributed by atoms with Crippen molar-refractivity contribution in [2.45, 2.75) is 6.42 Å². The molecule has 1 saturated carbocycles. The maximum Gasteiger partial charge on any atom is 0.228 e. The number of hydrogen-bond acceptors (Lipinski definition) is 7. The normalized spacial score (nSPS) is 20.7. The van der Waals surface area contributed by atoms with Crippen LogP contribution in [0.15, 0.2) is 24.5 Å². The summed E-state index contributed by atoms with van der Waals surface area (Å²) in [5.74, 6) is 0.706. The number of hydrogen-bond donors (Lipinski definition) is 1. The van der Waals surface area contributed by atoms with Gasteiger partial charge in [-0.05, 0) is 31.5 Å². The van der Waals surface area contributed by atoms with Crippen LogP contribution in [-0.4, -0.2) is 84.2 Å². The number of halogens is 1. The van der Waals surface area contributed by atoms with Gasteiger partial charge in [-0.3, -0.25) is 4.79 Å². The number of likely N-dealkylation sites (N-methyl/N-ethyl adjacent to an activating group) is 1. The van der Waals surface area contributed by atoms with Crippen molar-refractivity contribution in [3.63, 3.8) is 0 Å². The van der Waals surface area contributed by atoms with Crippen LogP contribution in [0.25, 0.3) is 22.2 Å². The van der Waals surface area contributed by atoms with Gasteiger partial charge in [-0.1, -0.05) is 0 Å². The molecule has 2 fully saturated rings. The van der Waals surface area contributed by atoms with Crippen LogP contribution < -0.4 is 14.8 Å². The van der Waals surface area contributed by atoms with Gasteiger partial charge >= 0.3 is 0 Å². The topological polar surface area (TPSA) is 84.8 Å². The Morgan fingerprint density at radius 1 is 1.11 bits per heavy atom. The van der Waals surface area contributed by atoms with E-state index in [0.717, 1.165) is 56.2 Å². The molecule has 10 heteroatoms. The van der Waals surface area contributed by atoms with E-state index in [4.69, 9.17) is 9.47 Å². The molecule has 0 bridgehead atoms. The number of amides is 1. The average Bonchev–Trinajstić information content (AvgIpc) is 3.55. The van der Waals surface area contributed by atoms with Crippen molar-refractivity contribution in [1.82, 2.24) is 24.3 Å². The standard InChI is InChI=1S/C25H31FN6O3/c1-30-5-7-32(8-6-30)14-16-9-17(16)24(33)29-21-11-15-10-19(31(2)20(15)13-27-21)22-23(34-3)18(26)12-28-25(22)35-4/h10-13,16-17H,5-9,14H2,1-4H3,(H,27,29,33). The van der Waals surface area contributed by atoms with Gasteiger partial charge in [0.25, 0.3) is 0 Å². The number of rotatable bonds is 7. The molecule has 0 aromatic carbocycles. The highest BCUT2D eigenvalue weighted by atomic mass is 19.1. The zero-order chi connectivity index (χ0) is 24.7. The average molecular weight is 483 g/mol. The Kier molecular flexibility index (Phi) is 6.33. The number of nitrogens with one attached hydrogen (secondary N) is 1. The summed E-state index contributed by atoms with van der Waals surface area (Å²) >= 11 is 0. The van der Waals surface area contributed by atoms with E-state index >= 15 is 0 Å². The maximum absolute atomic E-state index is 14.4. The molecule has 2 atom stereocenters. The van der Waals surface area contributed by atoms with E-state index in [0.29, 0.717) is 23.0 Å². The third-order valence-electron chi connectivity index (χ3n) is 7.13. The highest BCUT2D eigenvalue weighted by Gasteiger charge is 2.44. The van der Waals surface area contributed by atoms with Crippen molar-refractivity contribution in [1.29, 1.82) is 0 Å². The summed E-state index contributed by atoms with van der Waals surface area (Å²) in [5, 5.41) is 3.84. The molecule has 35 heavy (non-hydrogen) atoms. The Labute approximate surface area is 203 Å². The highest BCUT2D eigenvalue weighted by molar-refractivity contribution is 5.96. The molecule has 1 amide bonds. The van der Waals surface area contributed by atoms with Crippen molar-refractivity contribution in [2.75, 3.05) is 59.3 Å². The van der Waals surface area contributed by atoms with Gasteiger partial charge in [0.1, 0.15) is 11.4 Å². The summed E-state index contributed by atoms with van der Waals surface area (Å²) in [7, 11) is 6.89. The zero-order valence-electron chi connectivity index (χ0n) is 20.5. The van der Waals surface area contributed by atoms with E-state index in [1.165, 1.54) is 14.2 Å². The minimum absolute atomic E-state index is 0.0183. The van der Waals surface area contributed by atoms with Crippen LogP contribution in [0.3, 0.4) is 0 Å². The predicted molar refractivity (Wildman–Crippen MR) is 131 cm³/mol. The summed E-state index contributed by atoms with van der Waals surface area (Å²) in [6.45, 7) is 5.26. The monoisotopic (exact) mass is 482 g/mol. The minimum Gasteiger partial charge on any atom is -0.493 e. The van der Waals surface area contributed by atoms with E-state index in [2.05, 4.69) is 32.1 Å². The third-order valence-corrected chi connectivity index (χ3v) is 7.13. The number of piperazine rings is 1. The number of carbonyl (C=O) groups excluding carboxylic acids is 1. The fourth-order valence-corrected chi connectivity index (χ4v) is 4.93. The van der Waals surface area contributed by atoms with Crippen LogP contribution in [0, 0.1) is 17.7 Å². The smallest absolute Gasteiger partial charge is 0.228 e. The lowest BCUT2D eigenvalue weighted by Crippen LogP contribution is -2.45. The van der Waals surface area contributed by atoms with Gasteiger partial charge in [-0.15, -0.1) is 0 Å². The molecule has 4 heterocycles. The predicted octanol–water partition coefficient (Wildman–Crippen LogP) is 2.61. The number of methoxy groups -OCH3 is 2. The molecule has 0 radical (unpaired) electrons. The molecule has 0 spiro atoms. The van der Waals surface area contributed by atoms with Gasteiger partial charge in [0.15, 0.2) is 11.6 Å². The number of aromatic nitrogens is 3. The largest absolute Gasteiger partial charge is 0.493 e. The fourth-order valence-electron chi connectivity index (χ4n) is 4.93. The summed E-state index contributed by atoms with van der Waals surface area (Å²) in [4.78, 5) is 26.2. The summed E-state index contributed by atoms with van der Waals surface area (Å²) in [5.41, 5.74) is 1.91. The van der Waals surface area contributed by atoms with Crippen LogP contribution in [-0.2, 0) is 11.8 Å². The molecule has 2 unspecified atom stereocenters. The Morgan fingerprint density at radius 3 is 2.60 bits per heavy atom. The molecule has 3 aromatic rings. The molecule has 1 aliphatic carbocycles. The minimum atomic E-state index is -0.574. The fraction of sp³-hybridized carbons (Fsp3) is 0.480. The lowest BCUT2D eigenvalue weighted by atomic mass is 10.1. The van der Waals surface area contributed by atoms with E-state index in [1.54, 1.807) is 6.20 Å². The molecule has 1 N–H and O–H groups in total. The van der Waals surface area contributed by atoms with Gasteiger partial charge in [0.2, 0.25) is 11.8 Å². The van der Waals surface area contributed by atoms with Crippen molar-refractivity contribution in [3.05, 3.63) is 30.3 Å². The maximum atomic E-state index is 14.4. The zero-order valence-corrected chi connectivity index (χ0v) is 20.5. The van der Waals surface area contributed by atoms with E-state index in [1.807, 2.05) is 23.7 Å². The van der Waals surface area contributed by atoms with Crippen molar-refractivity contribution in [3.8, 4) is 22.9 Å². The first-order valence-corrected chi connectivity index (χ1v) is 11.8. The van der Waals surface area contributed by atoms with Gasteiger partial charge < -0.3 is 29.2 Å². The van der Waals surface area contributed by atoms with Crippen molar-refractivity contribution < 1.29 is 18.7 Å². The second kappa shape index (κ2) is 9.43. The Morgan fingerprint density at radius 2 is 1.89 bits per heavy atom. The van der Waals surface area contributed by atoms with Crippen molar-refractivity contribution in [2.24, 2.45) is 18.9 Å². The van der Waals surface area contributed by atoms with Crippen LogP contribution in [0.2, 0.25) is 0 Å². The molecule has 3 aromatic heterocycles. The first kappa shape index (κ1) is 23.5. The summed E-state index contributed by atoms with van der Waals surface area (Å²) < 4.78 is 27.0. The second-order valence-electron chi connectivity index (χ2n) is 9.44. The third kappa shape index (κ3) is 4.55. The van der Waals surface area contributed by atoms with Crippen LogP contribution in [0.1, 0.15) is 6.42 Å². The molecule has 1 saturated heterocycles. The Bertz CT molecular complexity index is 1250. The van der Waals surface area contributed by atoms with E-state index in [9.17, 15) is 9.18 Å². The molecular formula is C25H31FN6O3. The Balaban J connectivity index is 1.33. The Hall–Kier alpha value is -3.24. The van der Waals surface area contributed by atoms with E-state index < -0.39 is 5.82 Å². The van der Waals surface area contributed by atoms with Gasteiger partial charge in [-0.25, -0.2) is 14.4 Å². The molecule has 1 aliphatic heterocycles. The second-order valence-corrected chi connectivity index (χ2v) is 9.44. The lowest BCUT2D eigenvalue weighted by Gasteiger charge is -2.32. The molecule has 2 aliphatic rings.